The molecule has 164 valence electrons. The number of aliphatic carboxylic acids is 2. The highest BCUT2D eigenvalue weighted by Gasteiger charge is 2.57. The number of nitrogens with one attached hydrogen (secondary N) is 1. The maximum Gasteiger partial charge on any atom is 0.328 e. The van der Waals surface area contributed by atoms with Crippen molar-refractivity contribution in [2.24, 2.45) is 11.8 Å². The van der Waals surface area contributed by atoms with Gasteiger partial charge in [-0.25, -0.2) is 9.59 Å². The molecule has 1 amide bonds. The topological polar surface area (TPSA) is 151 Å². The fraction of sp³-hybridized carbons (Fsp3) is 0.714. The summed E-state index contributed by atoms with van der Waals surface area (Å²) in [4.78, 5) is 33.3. The van der Waals surface area contributed by atoms with Gasteiger partial charge in [-0.05, 0) is 63.2 Å². The van der Waals surface area contributed by atoms with Crippen LogP contribution in [-0.4, -0.2) is 68.3 Å². The lowest BCUT2D eigenvalue weighted by molar-refractivity contribution is -0.147. The highest BCUT2D eigenvalue weighted by Crippen LogP contribution is 2.57. The molecule has 0 radical (unpaired) electrons. The largest absolute Gasteiger partial charge is 0.478 e. The van der Waals surface area contributed by atoms with Gasteiger partial charge < -0.3 is 25.5 Å². The first-order valence-electron chi connectivity index (χ1n) is 10.4. The highest BCUT2D eigenvalue weighted by atomic mass is 16.4. The van der Waals surface area contributed by atoms with Crippen LogP contribution in [0.2, 0.25) is 0 Å². The van der Waals surface area contributed by atoms with E-state index in [1.54, 1.807) is 4.90 Å². The summed E-state index contributed by atoms with van der Waals surface area (Å²) in [6.45, 7) is 1.02. The van der Waals surface area contributed by atoms with Gasteiger partial charge in [0, 0.05) is 24.2 Å². The van der Waals surface area contributed by atoms with Gasteiger partial charge in [0.05, 0.1) is 18.2 Å². The van der Waals surface area contributed by atoms with E-state index >= 15 is 0 Å². The fourth-order valence-corrected chi connectivity index (χ4v) is 6.13. The molecule has 1 aliphatic heterocycles. The second kappa shape index (κ2) is 8.74. The number of nitrogens with zero attached hydrogens (tertiary/aromatic N) is 2. The SMILES string of the molecule is N#C[C@@H]1CCCN1C(=O)CNC12CC3CC(CC(O)(C3)C1)C2.O=C(O)/C=C\C(=O)O. The third-order valence-electron chi connectivity index (χ3n) is 6.74. The van der Waals surface area contributed by atoms with Crippen molar-refractivity contribution in [3.8, 4) is 6.07 Å². The summed E-state index contributed by atoms with van der Waals surface area (Å²) < 4.78 is 0. The molecular weight excluding hydrogens is 390 g/mol. The standard InChI is InChI=1S/C17H25N3O2.C4H4O4/c18-9-14-2-1-3-20(14)15(21)10-19-16-5-12-4-13(6-16)8-17(22,7-12)11-16;5-3(6)1-2-4(7)8/h12-14,19,22H,1-8,10-11H2;1-2H,(H,5,6)(H,7,8)/b;2-1-/t12?,13?,14-,16?,17?;/m0./s1. The first-order chi connectivity index (χ1) is 14.1. The number of carbonyl (C=O) groups is 3. The Morgan fingerprint density at radius 1 is 1.10 bits per heavy atom. The number of hydrogen-bond acceptors (Lipinski definition) is 6. The Balaban J connectivity index is 0.000000275. The molecule has 5 aliphatic rings. The van der Waals surface area contributed by atoms with Crippen molar-refractivity contribution in [2.45, 2.75) is 68.5 Å². The predicted molar refractivity (Wildman–Crippen MR) is 105 cm³/mol. The van der Waals surface area contributed by atoms with Gasteiger partial charge in [-0.3, -0.25) is 4.79 Å². The average Bonchev–Trinajstić information content (AvgIpc) is 3.12. The van der Waals surface area contributed by atoms with Crippen molar-refractivity contribution in [2.75, 3.05) is 13.1 Å². The summed E-state index contributed by atoms with van der Waals surface area (Å²) >= 11 is 0. The number of nitriles is 1. The van der Waals surface area contributed by atoms with Crippen molar-refractivity contribution in [1.29, 1.82) is 5.26 Å². The summed E-state index contributed by atoms with van der Waals surface area (Å²) in [5.41, 5.74) is -0.542. The van der Waals surface area contributed by atoms with Crippen molar-refractivity contribution >= 4 is 17.8 Å². The molecule has 0 aromatic heterocycles. The molecule has 30 heavy (non-hydrogen) atoms. The second-order valence-corrected chi connectivity index (χ2v) is 9.20. The summed E-state index contributed by atoms with van der Waals surface area (Å²) in [6.07, 6.45) is 8.99. The van der Waals surface area contributed by atoms with Crippen LogP contribution in [0.4, 0.5) is 0 Å². The van der Waals surface area contributed by atoms with E-state index in [2.05, 4.69) is 11.4 Å². The van der Waals surface area contributed by atoms with Crippen LogP contribution >= 0.6 is 0 Å². The van der Waals surface area contributed by atoms with E-state index in [-0.39, 0.29) is 17.5 Å². The van der Waals surface area contributed by atoms with Crippen LogP contribution in [-0.2, 0) is 14.4 Å². The summed E-state index contributed by atoms with van der Waals surface area (Å²) in [5, 5.41) is 39.0. The Bertz CT molecular complexity index is 743. The zero-order valence-electron chi connectivity index (χ0n) is 16.9. The molecule has 0 spiro atoms. The van der Waals surface area contributed by atoms with E-state index < -0.39 is 17.5 Å². The summed E-state index contributed by atoms with van der Waals surface area (Å²) in [5.74, 6) is -1.23. The zero-order chi connectivity index (χ0) is 21.9. The first-order valence-corrected chi connectivity index (χ1v) is 10.4. The number of carbonyl (C=O) groups excluding carboxylic acids is 1. The lowest BCUT2D eigenvalue weighted by Crippen LogP contribution is -2.65. The van der Waals surface area contributed by atoms with Crippen molar-refractivity contribution < 1.29 is 29.7 Å². The van der Waals surface area contributed by atoms with Gasteiger partial charge >= 0.3 is 11.9 Å². The normalized spacial score (nSPS) is 36.3. The Hall–Kier alpha value is -2.44. The molecular formula is C21H29N3O6. The third kappa shape index (κ3) is 5.18. The molecule has 0 aromatic carbocycles. The molecule has 0 aromatic rings. The number of hydrogen-bond donors (Lipinski definition) is 4. The van der Waals surface area contributed by atoms with Gasteiger partial charge in [0.25, 0.3) is 0 Å². The van der Waals surface area contributed by atoms with Crippen molar-refractivity contribution in [3.05, 3.63) is 12.2 Å². The maximum absolute atomic E-state index is 12.4. The van der Waals surface area contributed by atoms with Gasteiger partial charge in [-0.15, -0.1) is 0 Å². The fourth-order valence-electron chi connectivity index (χ4n) is 6.13. The third-order valence-corrected chi connectivity index (χ3v) is 6.74. The molecule has 9 nitrogen and oxygen atoms in total. The molecule has 1 saturated heterocycles. The number of carboxylic acid groups (broad SMARTS) is 2. The molecule has 2 unspecified atom stereocenters. The molecule has 4 N–H and O–H groups in total. The number of aliphatic hydroxyl groups is 1. The average molecular weight is 419 g/mol. The number of rotatable bonds is 5. The van der Waals surface area contributed by atoms with Crippen molar-refractivity contribution in [1.82, 2.24) is 10.2 Å². The van der Waals surface area contributed by atoms with Gasteiger partial charge in [0.2, 0.25) is 5.91 Å². The lowest BCUT2D eigenvalue weighted by Gasteiger charge is -2.60. The van der Waals surface area contributed by atoms with Gasteiger partial charge in [-0.2, -0.15) is 5.26 Å². The number of amides is 1. The minimum absolute atomic E-state index is 0.0453. The van der Waals surface area contributed by atoms with Crippen LogP contribution in [0.25, 0.3) is 0 Å². The van der Waals surface area contributed by atoms with Crippen LogP contribution in [0, 0.1) is 23.2 Å². The summed E-state index contributed by atoms with van der Waals surface area (Å²) in [7, 11) is 0. The molecule has 4 bridgehead atoms. The molecule has 4 saturated carbocycles. The minimum Gasteiger partial charge on any atom is -0.478 e. The Labute approximate surface area is 175 Å². The predicted octanol–water partition coefficient (Wildman–Crippen LogP) is 0.886. The van der Waals surface area contributed by atoms with E-state index in [0.717, 1.165) is 44.9 Å². The Morgan fingerprint density at radius 3 is 2.20 bits per heavy atom. The number of carboxylic acids is 2. The molecule has 1 heterocycles. The number of likely N-dealkylation sites (tertiary alicyclic amines) is 1. The van der Waals surface area contributed by atoms with E-state index in [4.69, 9.17) is 15.5 Å². The van der Waals surface area contributed by atoms with Gasteiger partial charge in [0.1, 0.15) is 6.04 Å². The Kier molecular flexibility index (Phi) is 6.48. The smallest absolute Gasteiger partial charge is 0.328 e. The maximum atomic E-state index is 12.4. The highest BCUT2D eigenvalue weighted by molar-refractivity contribution is 5.89. The minimum atomic E-state index is -1.26. The first kappa shape index (κ1) is 22.2. The van der Waals surface area contributed by atoms with E-state index in [0.29, 0.717) is 37.1 Å². The molecule has 4 aliphatic carbocycles. The van der Waals surface area contributed by atoms with E-state index in [1.807, 2.05) is 0 Å². The van der Waals surface area contributed by atoms with Gasteiger partial charge in [-0.1, -0.05) is 0 Å². The lowest BCUT2D eigenvalue weighted by atomic mass is 9.51. The van der Waals surface area contributed by atoms with E-state index in [1.165, 1.54) is 6.42 Å². The second-order valence-electron chi connectivity index (χ2n) is 9.20. The quantitative estimate of drug-likeness (QED) is 0.480. The zero-order valence-corrected chi connectivity index (χ0v) is 16.9. The van der Waals surface area contributed by atoms with Crippen molar-refractivity contribution in [3.63, 3.8) is 0 Å². The van der Waals surface area contributed by atoms with Crippen LogP contribution in [0.1, 0.15) is 51.4 Å². The Morgan fingerprint density at radius 2 is 1.70 bits per heavy atom. The van der Waals surface area contributed by atoms with E-state index in [9.17, 15) is 19.5 Å². The van der Waals surface area contributed by atoms with Crippen LogP contribution < -0.4 is 5.32 Å². The van der Waals surface area contributed by atoms with Gasteiger partial charge in [0.15, 0.2) is 0 Å². The van der Waals surface area contributed by atoms with Crippen LogP contribution in [0.5, 0.6) is 0 Å². The van der Waals surface area contributed by atoms with Crippen LogP contribution in [0.3, 0.4) is 0 Å². The van der Waals surface area contributed by atoms with Crippen LogP contribution in [0.15, 0.2) is 12.2 Å². The molecule has 9 heteroatoms. The summed E-state index contributed by atoms with van der Waals surface area (Å²) in [6, 6.07) is 1.99. The monoisotopic (exact) mass is 419 g/mol. The molecule has 5 rings (SSSR count). The molecule has 5 fully saturated rings. The molecule has 3 atom stereocenters.